The van der Waals surface area contributed by atoms with Crippen molar-refractivity contribution in [2.45, 2.75) is 11.5 Å². The standard InChI is InChI=1S/C32H26ClN3O4S/c33-28-9-6-10-29(20-28)36(41(38,39)31-11-2-1-3-12-31)22-32(37)35-34-21-24-14-17-30(18-15-24)40-23-25-13-16-26-7-4-5-8-27(26)19-25/h1-21H,22-23H2,(H,35,37)/b34-21-. The maximum Gasteiger partial charge on any atom is 0.264 e. The van der Waals surface area contributed by atoms with Crippen molar-refractivity contribution in [2.24, 2.45) is 5.10 Å². The van der Waals surface area contributed by atoms with Gasteiger partial charge in [0.25, 0.3) is 15.9 Å². The average Bonchev–Trinajstić information content (AvgIpc) is 3.00. The van der Waals surface area contributed by atoms with Gasteiger partial charge in [-0.2, -0.15) is 5.10 Å². The molecule has 0 saturated heterocycles. The van der Waals surface area contributed by atoms with Crippen LogP contribution < -0.4 is 14.5 Å². The van der Waals surface area contributed by atoms with Crippen LogP contribution in [-0.4, -0.2) is 27.1 Å². The third-order valence-electron chi connectivity index (χ3n) is 6.22. The molecule has 0 unspecified atom stereocenters. The molecule has 0 spiro atoms. The van der Waals surface area contributed by atoms with Crippen LogP contribution in [0.5, 0.6) is 5.75 Å². The van der Waals surface area contributed by atoms with Crippen LogP contribution in [0.25, 0.3) is 10.8 Å². The largest absolute Gasteiger partial charge is 0.489 e. The fourth-order valence-electron chi connectivity index (χ4n) is 4.16. The second kappa shape index (κ2) is 12.7. The normalized spacial score (nSPS) is 11.4. The van der Waals surface area contributed by atoms with Crippen molar-refractivity contribution in [3.8, 4) is 5.75 Å². The number of benzene rings is 5. The number of halogens is 1. The Morgan fingerprint density at radius 2 is 1.56 bits per heavy atom. The van der Waals surface area contributed by atoms with Crippen LogP contribution >= 0.6 is 11.6 Å². The predicted molar refractivity (Wildman–Crippen MR) is 163 cm³/mol. The third kappa shape index (κ3) is 7.11. The number of sulfonamides is 1. The maximum absolute atomic E-state index is 13.4. The Kier molecular flexibility index (Phi) is 8.62. The second-order valence-electron chi connectivity index (χ2n) is 9.14. The Bertz CT molecular complexity index is 1790. The van der Waals surface area contributed by atoms with E-state index >= 15 is 0 Å². The van der Waals surface area contributed by atoms with E-state index in [9.17, 15) is 13.2 Å². The van der Waals surface area contributed by atoms with Crippen molar-refractivity contribution in [1.82, 2.24) is 5.43 Å². The molecule has 41 heavy (non-hydrogen) atoms. The molecule has 0 atom stereocenters. The van der Waals surface area contributed by atoms with E-state index in [0.29, 0.717) is 17.4 Å². The predicted octanol–water partition coefficient (Wildman–Crippen LogP) is 6.42. The third-order valence-corrected chi connectivity index (χ3v) is 8.24. The number of carbonyl (C=O) groups is 1. The highest BCUT2D eigenvalue weighted by Gasteiger charge is 2.27. The van der Waals surface area contributed by atoms with Gasteiger partial charge in [0, 0.05) is 5.02 Å². The smallest absolute Gasteiger partial charge is 0.264 e. The Morgan fingerprint density at radius 1 is 0.829 bits per heavy atom. The summed E-state index contributed by atoms with van der Waals surface area (Å²) in [5, 5.41) is 6.69. The first-order valence-corrected chi connectivity index (χ1v) is 14.6. The Hall–Kier alpha value is -4.66. The number of nitrogens with one attached hydrogen (secondary N) is 1. The summed E-state index contributed by atoms with van der Waals surface area (Å²) in [5.41, 5.74) is 4.47. The molecule has 5 aromatic carbocycles. The number of anilines is 1. The number of rotatable bonds is 10. The summed E-state index contributed by atoms with van der Waals surface area (Å²) >= 11 is 6.10. The van der Waals surface area contributed by atoms with Gasteiger partial charge in [0.05, 0.1) is 16.8 Å². The van der Waals surface area contributed by atoms with Crippen LogP contribution in [0.1, 0.15) is 11.1 Å². The summed E-state index contributed by atoms with van der Waals surface area (Å²) in [5.74, 6) is 0.0821. The lowest BCUT2D eigenvalue weighted by Crippen LogP contribution is -2.39. The lowest BCUT2D eigenvalue weighted by molar-refractivity contribution is -0.119. The lowest BCUT2D eigenvalue weighted by Gasteiger charge is -2.23. The summed E-state index contributed by atoms with van der Waals surface area (Å²) in [6.07, 6.45) is 1.47. The van der Waals surface area contributed by atoms with E-state index in [0.717, 1.165) is 20.8 Å². The van der Waals surface area contributed by atoms with Gasteiger partial charge in [-0.3, -0.25) is 9.10 Å². The molecule has 0 aliphatic heterocycles. The number of hydrogen-bond acceptors (Lipinski definition) is 5. The molecule has 0 fully saturated rings. The first-order valence-electron chi connectivity index (χ1n) is 12.7. The van der Waals surface area contributed by atoms with Gasteiger partial charge >= 0.3 is 0 Å². The molecule has 0 aliphatic rings. The van der Waals surface area contributed by atoms with E-state index in [1.165, 1.54) is 29.8 Å². The molecule has 5 rings (SSSR count). The van der Waals surface area contributed by atoms with Crippen LogP contribution in [-0.2, 0) is 21.4 Å². The lowest BCUT2D eigenvalue weighted by atomic mass is 10.1. The monoisotopic (exact) mass is 583 g/mol. The molecule has 5 aromatic rings. The summed E-state index contributed by atoms with van der Waals surface area (Å²) in [6, 6.07) is 35.9. The molecule has 206 valence electrons. The molecular weight excluding hydrogens is 558 g/mol. The highest BCUT2D eigenvalue weighted by atomic mass is 35.5. The fourth-order valence-corrected chi connectivity index (χ4v) is 5.77. The van der Waals surface area contributed by atoms with Gasteiger partial charge in [0.2, 0.25) is 0 Å². The number of nitrogens with zero attached hydrogens (tertiary/aromatic N) is 2. The van der Waals surface area contributed by atoms with Crippen molar-refractivity contribution in [1.29, 1.82) is 0 Å². The van der Waals surface area contributed by atoms with Gasteiger partial charge < -0.3 is 4.74 Å². The molecule has 9 heteroatoms. The molecule has 0 aliphatic carbocycles. The Labute approximate surface area is 243 Å². The first kappa shape index (κ1) is 27.9. The van der Waals surface area contributed by atoms with Gasteiger partial charge in [-0.05, 0) is 82.6 Å². The second-order valence-corrected chi connectivity index (χ2v) is 11.4. The van der Waals surface area contributed by atoms with Crippen molar-refractivity contribution in [3.63, 3.8) is 0 Å². The molecule has 0 radical (unpaired) electrons. The minimum Gasteiger partial charge on any atom is -0.489 e. The van der Waals surface area contributed by atoms with Gasteiger partial charge in [-0.15, -0.1) is 0 Å². The van der Waals surface area contributed by atoms with Crippen molar-refractivity contribution in [2.75, 3.05) is 10.8 Å². The average molecular weight is 584 g/mol. The van der Waals surface area contributed by atoms with Crippen LogP contribution in [0.4, 0.5) is 5.69 Å². The number of ether oxygens (including phenoxy) is 1. The quantitative estimate of drug-likeness (QED) is 0.152. The van der Waals surface area contributed by atoms with E-state index in [1.807, 2.05) is 42.5 Å². The molecule has 7 nitrogen and oxygen atoms in total. The highest BCUT2D eigenvalue weighted by molar-refractivity contribution is 7.92. The van der Waals surface area contributed by atoms with Gasteiger partial charge in [0.1, 0.15) is 18.9 Å². The van der Waals surface area contributed by atoms with Crippen LogP contribution in [0.2, 0.25) is 5.02 Å². The Balaban J connectivity index is 1.20. The molecule has 1 N–H and O–H groups in total. The van der Waals surface area contributed by atoms with Crippen LogP contribution in [0.15, 0.2) is 131 Å². The van der Waals surface area contributed by atoms with Gasteiger partial charge in [-0.25, -0.2) is 13.8 Å². The molecular formula is C32H26ClN3O4S. The van der Waals surface area contributed by atoms with E-state index in [1.54, 1.807) is 36.4 Å². The summed E-state index contributed by atoms with van der Waals surface area (Å²) < 4.78 is 33.6. The van der Waals surface area contributed by atoms with Crippen molar-refractivity contribution >= 4 is 50.2 Å². The van der Waals surface area contributed by atoms with Crippen molar-refractivity contribution < 1.29 is 17.9 Å². The van der Waals surface area contributed by atoms with E-state index < -0.39 is 22.5 Å². The summed E-state index contributed by atoms with van der Waals surface area (Å²) in [4.78, 5) is 12.8. The fraction of sp³-hybridized carbons (Fsp3) is 0.0625. The molecule has 1 amide bonds. The van der Waals surface area contributed by atoms with Gasteiger partial charge in [0.15, 0.2) is 0 Å². The first-order chi connectivity index (χ1) is 19.9. The number of hydrogen-bond donors (Lipinski definition) is 1. The maximum atomic E-state index is 13.4. The Morgan fingerprint density at radius 3 is 2.32 bits per heavy atom. The molecule has 0 bridgehead atoms. The topological polar surface area (TPSA) is 88.1 Å². The summed E-state index contributed by atoms with van der Waals surface area (Å²) in [7, 11) is -4.04. The summed E-state index contributed by atoms with van der Waals surface area (Å²) in [6.45, 7) is -0.0558. The zero-order valence-corrected chi connectivity index (χ0v) is 23.4. The molecule has 0 heterocycles. The number of fused-ring (bicyclic) bond motifs is 1. The van der Waals surface area contributed by atoms with E-state index in [2.05, 4.69) is 34.8 Å². The number of amides is 1. The minimum atomic E-state index is -4.04. The zero-order valence-electron chi connectivity index (χ0n) is 21.9. The number of carbonyl (C=O) groups excluding carboxylic acids is 1. The van der Waals surface area contributed by atoms with E-state index in [4.69, 9.17) is 16.3 Å². The van der Waals surface area contributed by atoms with Crippen LogP contribution in [0, 0.1) is 0 Å². The SMILES string of the molecule is O=C(CN(c1cccc(Cl)c1)S(=O)(=O)c1ccccc1)N/N=C\c1ccc(OCc2ccc3ccccc3c2)cc1. The molecule has 0 saturated carbocycles. The molecule has 0 aromatic heterocycles. The highest BCUT2D eigenvalue weighted by Crippen LogP contribution is 2.26. The minimum absolute atomic E-state index is 0.0548. The zero-order chi connectivity index (χ0) is 28.7. The van der Waals surface area contributed by atoms with E-state index in [-0.39, 0.29) is 10.6 Å². The van der Waals surface area contributed by atoms with Crippen molar-refractivity contribution in [3.05, 3.63) is 137 Å². The van der Waals surface area contributed by atoms with Gasteiger partial charge in [-0.1, -0.05) is 72.3 Å². The van der Waals surface area contributed by atoms with Crippen LogP contribution in [0.3, 0.4) is 0 Å². The number of hydrazone groups is 1.